The highest BCUT2D eigenvalue weighted by molar-refractivity contribution is 7.80. The summed E-state index contributed by atoms with van der Waals surface area (Å²) >= 11 is 4.05. The van der Waals surface area contributed by atoms with Crippen molar-refractivity contribution >= 4 is 12.6 Å². The van der Waals surface area contributed by atoms with E-state index in [1.807, 2.05) is 7.05 Å². The van der Waals surface area contributed by atoms with Crippen molar-refractivity contribution in [3.05, 3.63) is 11.9 Å². The Morgan fingerprint density at radius 3 is 2.60 bits per heavy atom. The number of hydrogen-bond donors (Lipinski definition) is 2. The van der Waals surface area contributed by atoms with E-state index in [-0.39, 0.29) is 0 Å². The number of aliphatic hydroxyl groups is 1. The lowest BCUT2D eigenvalue weighted by Gasteiger charge is -2.04. The van der Waals surface area contributed by atoms with E-state index in [9.17, 15) is 0 Å². The van der Waals surface area contributed by atoms with Crippen molar-refractivity contribution in [2.24, 2.45) is 7.05 Å². The Kier molecular flexibility index (Phi) is 2.01. The van der Waals surface area contributed by atoms with Crippen LogP contribution in [-0.2, 0) is 7.05 Å². The molecule has 56 valence electrons. The summed E-state index contributed by atoms with van der Waals surface area (Å²) in [6.45, 7) is 1.70. The predicted octanol–water partition coefficient (Wildman–Crippen LogP) is 0.762. The monoisotopic (exact) mass is 158 g/mol. The first-order chi connectivity index (χ1) is 4.63. The van der Waals surface area contributed by atoms with Gasteiger partial charge in [-0.25, -0.2) is 4.98 Å². The van der Waals surface area contributed by atoms with Crippen LogP contribution < -0.4 is 0 Å². The van der Waals surface area contributed by atoms with Gasteiger partial charge in [-0.2, -0.15) is 0 Å². The van der Waals surface area contributed by atoms with E-state index in [1.54, 1.807) is 17.7 Å². The van der Waals surface area contributed by atoms with Gasteiger partial charge in [0.25, 0.3) is 0 Å². The Hall–Kier alpha value is -0.480. The third kappa shape index (κ3) is 1.17. The molecule has 0 amide bonds. The van der Waals surface area contributed by atoms with Crippen LogP contribution in [0.3, 0.4) is 0 Å². The Bertz CT molecular complexity index is 232. The number of thiol groups is 1. The molecule has 3 nitrogen and oxygen atoms in total. The maximum Gasteiger partial charge on any atom is 0.164 e. The first kappa shape index (κ1) is 7.63. The average molecular weight is 158 g/mol. The van der Waals surface area contributed by atoms with E-state index in [2.05, 4.69) is 17.6 Å². The number of nitrogens with zero attached hydrogens (tertiary/aromatic N) is 2. The third-order valence-corrected chi connectivity index (χ3v) is 1.84. The van der Waals surface area contributed by atoms with E-state index in [4.69, 9.17) is 5.11 Å². The summed E-state index contributed by atoms with van der Waals surface area (Å²) in [5.74, 6) is 0. The van der Waals surface area contributed by atoms with Gasteiger partial charge < -0.3 is 9.67 Å². The van der Waals surface area contributed by atoms with E-state index in [1.165, 1.54) is 0 Å². The van der Waals surface area contributed by atoms with E-state index >= 15 is 0 Å². The van der Waals surface area contributed by atoms with Gasteiger partial charge >= 0.3 is 0 Å². The molecule has 0 aliphatic carbocycles. The molecule has 0 spiro atoms. The third-order valence-electron chi connectivity index (χ3n) is 1.43. The zero-order valence-corrected chi connectivity index (χ0v) is 6.84. The predicted molar refractivity (Wildman–Crippen MR) is 41.1 cm³/mol. The smallest absolute Gasteiger partial charge is 0.164 e. The summed E-state index contributed by atoms with van der Waals surface area (Å²) in [7, 11) is 1.82. The molecule has 0 fully saturated rings. The summed E-state index contributed by atoms with van der Waals surface area (Å²) < 4.78 is 1.74. The fraction of sp³-hybridized carbons (Fsp3) is 0.500. The van der Waals surface area contributed by atoms with Gasteiger partial charge in [0.1, 0.15) is 0 Å². The Morgan fingerprint density at radius 1 is 1.80 bits per heavy atom. The molecule has 0 saturated heterocycles. The van der Waals surface area contributed by atoms with Crippen molar-refractivity contribution in [2.75, 3.05) is 0 Å². The Morgan fingerprint density at radius 2 is 2.40 bits per heavy atom. The van der Waals surface area contributed by atoms with Gasteiger partial charge in [-0.3, -0.25) is 0 Å². The van der Waals surface area contributed by atoms with Crippen molar-refractivity contribution in [1.82, 2.24) is 9.55 Å². The van der Waals surface area contributed by atoms with Gasteiger partial charge in [0, 0.05) is 7.05 Å². The highest BCUT2D eigenvalue weighted by atomic mass is 32.1. The first-order valence-corrected chi connectivity index (χ1v) is 3.46. The molecular formula is C6H10N2OS. The molecule has 0 saturated carbocycles. The van der Waals surface area contributed by atoms with Crippen LogP contribution in [0.25, 0.3) is 0 Å². The zero-order chi connectivity index (χ0) is 7.72. The molecule has 1 unspecified atom stereocenters. The van der Waals surface area contributed by atoms with Crippen LogP contribution in [0.15, 0.2) is 11.4 Å². The molecule has 1 heterocycles. The zero-order valence-electron chi connectivity index (χ0n) is 5.94. The van der Waals surface area contributed by atoms with Crippen molar-refractivity contribution in [3.63, 3.8) is 0 Å². The van der Waals surface area contributed by atoms with Crippen LogP contribution >= 0.6 is 12.6 Å². The summed E-state index contributed by atoms with van der Waals surface area (Å²) in [6, 6.07) is 0. The van der Waals surface area contributed by atoms with Crippen LogP contribution in [0.2, 0.25) is 0 Å². The van der Waals surface area contributed by atoms with E-state index in [0.717, 1.165) is 5.69 Å². The molecule has 1 N–H and O–H groups in total. The minimum Gasteiger partial charge on any atom is -0.387 e. The highest BCUT2D eigenvalue weighted by Crippen LogP contribution is 2.13. The fourth-order valence-corrected chi connectivity index (χ4v) is 0.974. The fourth-order valence-electron chi connectivity index (χ4n) is 0.801. The quantitative estimate of drug-likeness (QED) is 0.592. The number of imidazole rings is 1. The molecule has 1 aromatic heterocycles. The van der Waals surface area contributed by atoms with Gasteiger partial charge in [-0.15, -0.1) is 12.6 Å². The summed E-state index contributed by atoms with van der Waals surface area (Å²) in [5, 5.41) is 9.74. The molecule has 1 rings (SSSR count). The van der Waals surface area contributed by atoms with Crippen LogP contribution in [0.5, 0.6) is 0 Å². The summed E-state index contributed by atoms with van der Waals surface area (Å²) in [4.78, 5) is 3.90. The second-order valence-electron chi connectivity index (χ2n) is 2.22. The van der Waals surface area contributed by atoms with Crippen LogP contribution in [-0.4, -0.2) is 14.7 Å². The van der Waals surface area contributed by atoms with E-state index < -0.39 is 6.10 Å². The minimum atomic E-state index is -0.474. The van der Waals surface area contributed by atoms with Gasteiger partial charge in [-0.05, 0) is 6.92 Å². The van der Waals surface area contributed by atoms with Gasteiger partial charge in [0.15, 0.2) is 5.16 Å². The molecule has 0 aromatic carbocycles. The molecule has 1 aromatic rings. The number of aromatic nitrogens is 2. The summed E-state index contributed by atoms with van der Waals surface area (Å²) in [5.41, 5.74) is 0.782. The largest absolute Gasteiger partial charge is 0.387 e. The molecule has 0 aliphatic heterocycles. The molecule has 10 heavy (non-hydrogen) atoms. The number of aliphatic hydroxyl groups excluding tert-OH is 1. The lowest BCUT2D eigenvalue weighted by Crippen LogP contribution is -2.00. The van der Waals surface area contributed by atoms with Crippen molar-refractivity contribution < 1.29 is 5.11 Å². The van der Waals surface area contributed by atoms with Gasteiger partial charge in [0.05, 0.1) is 18.0 Å². The van der Waals surface area contributed by atoms with E-state index in [0.29, 0.717) is 5.16 Å². The Labute approximate surface area is 65.1 Å². The van der Waals surface area contributed by atoms with Crippen LogP contribution in [0.4, 0.5) is 0 Å². The topological polar surface area (TPSA) is 38.1 Å². The molecule has 1 atom stereocenters. The van der Waals surface area contributed by atoms with Crippen LogP contribution in [0, 0.1) is 0 Å². The highest BCUT2D eigenvalue weighted by Gasteiger charge is 2.06. The van der Waals surface area contributed by atoms with Crippen molar-refractivity contribution in [3.8, 4) is 0 Å². The molecular weight excluding hydrogens is 148 g/mol. The second kappa shape index (κ2) is 2.64. The molecule has 4 heteroatoms. The molecule has 0 aliphatic rings. The SMILES string of the molecule is CC(O)c1cnc(S)n1C. The maximum absolute atomic E-state index is 9.12. The average Bonchev–Trinajstić information content (AvgIpc) is 2.14. The first-order valence-electron chi connectivity index (χ1n) is 3.01. The number of rotatable bonds is 1. The molecule has 0 bridgehead atoms. The Balaban J connectivity index is 3.05. The minimum absolute atomic E-state index is 0.474. The van der Waals surface area contributed by atoms with Crippen molar-refractivity contribution in [1.29, 1.82) is 0 Å². The second-order valence-corrected chi connectivity index (χ2v) is 2.62. The normalized spacial score (nSPS) is 13.6. The summed E-state index contributed by atoms with van der Waals surface area (Å²) in [6.07, 6.45) is 1.14. The van der Waals surface area contributed by atoms with Gasteiger partial charge in [-0.1, -0.05) is 0 Å². The molecule has 0 radical (unpaired) electrons. The number of hydrogen-bond acceptors (Lipinski definition) is 3. The standard InChI is InChI=1S/C6H10N2OS/c1-4(9)5-3-7-6(10)8(5)2/h3-4,9H,1-2H3,(H,7,10). The van der Waals surface area contributed by atoms with Crippen LogP contribution in [0.1, 0.15) is 18.7 Å². The van der Waals surface area contributed by atoms with Gasteiger partial charge in [0.2, 0.25) is 0 Å². The maximum atomic E-state index is 9.12. The lowest BCUT2D eigenvalue weighted by atomic mass is 10.3. The van der Waals surface area contributed by atoms with Crippen molar-refractivity contribution in [2.45, 2.75) is 18.2 Å². The lowest BCUT2D eigenvalue weighted by molar-refractivity contribution is 0.189.